The summed E-state index contributed by atoms with van der Waals surface area (Å²) in [5.74, 6) is 2.91. The average Bonchev–Trinajstić information content (AvgIpc) is 2.61. The quantitative estimate of drug-likeness (QED) is 0.105. The van der Waals surface area contributed by atoms with Crippen LogP contribution in [0.15, 0.2) is 36.5 Å². The molecule has 0 saturated carbocycles. The lowest BCUT2D eigenvalue weighted by Gasteiger charge is -2.26. The van der Waals surface area contributed by atoms with Crippen molar-refractivity contribution in [2.75, 3.05) is 0 Å². The van der Waals surface area contributed by atoms with Crippen molar-refractivity contribution in [3.63, 3.8) is 0 Å². The van der Waals surface area contributed by atoms with Crippen molar-refractivity contribution in [1.29, 1.82) is 0 Å². The summed E-state index contributed by atoms with van der Waals surface area (Å²) >= 11 is 0. The Hall–Kier alpha value is -0.346. The molecule has 32 heavy (non-hydrogen) atoms. The largest absolute Gasteiger partial charge is 0.0882 e. The molecule has 0 aromatic rings. The minimum absolute atomic E-state index is 0.588. The minimum atomic E-state index is -1.04. The molecule has 0 bridgehead atoms. The van der Waals surface area contributed by atoms with Crippen molar-refractivity contribution >= 4 is 16.1 Å². The van der Waals surface area contributed by atoms with E-state index in [4.69, 9.17) is 0 Å². The first-order valence-corrected chi connectivity index (χ1v) is 21.2. The van der Waals surface area contributed by atoms with Gasteiger partial charge in [0, 0.05) is 16.1 Å². The van der Waals surface area contributed by atoms with Crippen LogP contribution in [0.1, 0.15) is 79.1 Å². The highest BCUT2D eigenvalue weighted by atomic mass is 28.3. The van der Waals surface area contributed by atoms with Crippen molar-refractivity contribution in [2.45, 2.75) is 130 Å². The maximum atomic E-state index is 2.54. The van der Waals surface area contributed by atoms with Gasteiger partial charge in [-0.15, -0.1) is 0 Å². The second-order valence-corrected chi connectivity index (χ2v) is 24.4. The first-order valence-electron chi connectivity index (χ1n) is 13.8. The van der Waals surface area contributed by atoms with Crippen LogP contribution in [-0.4, -0.2) is 16.1 Å². The normalized spacial score (nSPS) is 16.6. The van der Waals surface area contributed by atoms with Crippen molar-refractivity contribution < 1.29 is 0 Å². The van der Waals surface area contributed by atoms with Gasteiger partial charge in [-0.05, 0) is 42.9 Å². The fourth-order valence-electron chi connectivity index (χ4n) is 4.77. The van der Waals surface area contributed by atoms with E-state index in [-0.39, 0.29) is 0 Å². The molecule has 0 fully saturated rings. The Morgan fingerprint density at radius 2 is 1.19 bits per heavy atom. The second kappa shape index (κ2) is 17.1. The average molecular weight is 477 g/mol. The molecule has 0 aliphatic carbocycles. The smallest absolute Gasteiger partial charge is 0.0448 e. The molecule has 0 saturated heterocycles. The van der Waals surface area contributed by atoms with Crippen LogP contribution in [0.2, 0.25) is 51.4 Å². The van der Waals surface area contributed by atoms with Crippen LogP contribution in [0, 0.1) is 23.7 Å². The van der Waals surface area contributed by atoms with E-state index < -0.39 is 16.1 Å². The third-order valence-corrected chi connectivity index (χ3v) is 9.87. The predicted molar refractivity (Wildman–Crippen MR) is 157 cm³/mol. The number of rotatable bonds is 18. The molecule has 0 aromatic carbocycles. The molecule has 0 aromatic heterocycles. The molecule has 188 valence electrons. The minimum Gasteiger partial charge on any atom is -0.0882 e. The molecule has 3 unspecified atom stereocenters. The zero-order valence-corrected chi connectivity index (χ0v) is 25.8. The SMILES string of the molecule is CC(C)CCCCCCC/C=C/C/C=C/C(/C=C/C(C)C[Si](C)(C)C)C(C)C[Si](C)(C)C. The van der Waals surface area contributed by atoms with Crippen molar-refractivity contribution in [2.24, 2.45) is 23.7 Å². The number of hydrogen-bond acceptors (Lipinski definition) is 0. The Labute approximate surface area is 206 Å². The zero-order valence-electron chi connectivity index (χ0n) is 23.8. The number of hydrogen-bond donors (Lipinski definition) is 0. The van der Waals surface area contributed by atoms with Gasteiger partial charge in [-0.1, -0.05) is 148 Å². The van der Waals surface area contributed by atoms with E-state index in [1.54, 1.807) is 0 Å². The van der Waals surface area contributed by atoms with Gasteiger partial charge < -0.3 is 0 Å². The predicted octanol–water partition coefficient (Wildman–Crippen LogP) is 11.0. The van der Waals surface area contributed by atoms with Crippen molar-refractivity contribution in [3.8, 4) is 0 Å². The van der Waals surface area contributed by atoms with Gasteiger partial charge in [-0.25, -0.2) is 0 Å². The number of unbranched alkanes of at least 4 members (excludes halogenated alkanes) is 5. The van der Waals surface area contributed by atoms with Crippen LogP contribution >= 0.6 is 0 Å². The Kier molecular flexibility index (Phi) is 17.0. The van der Waals surface area contributed by atoms with Crippen molar-refractivity contribution in [3.05, 3.63) is 36.5 Å². The lowest BCUT2D eigenvalue weighted by molar-refractivity contribution is 0.516. The molecule has 0 spiro atoms. The van der Waals surface area contributed by atoms with Crippen LogP contribution in [0.25, 0.3) is 0 Å². The molecule has 2 heteroatoms. The fourth-order valence-corrected chi connectivity index (χ4v) is 9.04. The van der Waals surface area contributed by atoms with Crippen molar-refractivity contribution in [1.82, 2.24) is 0 Å². The topological polar surface area (TPSA) is 0 Å². The maximum Gasteiger partial charge on any atom is 0.0448 e. The molecule has 0 N–H and O–H groups in total. The van der Waals surface area contributed by atoms with E-state index in [0.717, 1.165) is 18.3 Å². The summed E-state index contributed by atoms with van der Waals surface area (Å²) < 4.78 is 0. The molecule has 0 nitrogen and oxygen atoms in total. The summed E-state index contributed by atoms with van der Waals surface area (Å²) in [7, 11) is -2.03. The highest BCUT2D eigenvalue weighted by molar-refractivity contribution is 6.76. The van der Waals surface area contributed by atoms with Crippen LogP contribution in [-0.2, 0) is 0 Å². The molecular formula is C30H60Si2. The second-order valence-electron chi connectivity index (χ2n) is 13.3. The summed E-state index contributed by atoms with van der Waals surface area (Å²) in [4.78, 5) is 0. The molecule has 0 aliphatic heterocycles. The highest BCUT2D eigenvalue weighted by Gasteiger charge is 2.22. The molecule has 0 heterocycles. The van der Waals surface area contributed by atoms with E-state index >= 15 is 0 Å². The standard InChI is InChI=1S/C30H60Si2/c1-27(2)21-19-17-15-13-11-12-14-16-18-20-22-30(29(4)26-32(8,9)10)24-23-28(3)25-31(5,6)7/h14,16,20,22-24,27-30H,11-13,15,17-19,21,25-26H2,1-10H3/b16-14+,22-20+,24-23+. The monoisotopic (exact) mass is 476 g/mol. The van der Waals surface area contributed by atoms with Gasteiger partial charge in [0.05, 0.1) is 0 Å². The van der Waals surface area contributed by atoms with Crippen LogP contribution < -0.4 is 0 Å². The van der Waals surface area contributed by atoms with Gasteiger partial charge in [0.2, 0.25) is 0 Å². The van der Waals surface area contributed by atoms with E-state index in [1.807, 2.05) is 0 Å². The third-order valence-electron chi connectivity index (χ3n) is 6.14. The molecule has 0 amide bonds. The van der Waals surface area contributed by atoms with Crippen LogP contribution in [0.3, 0.4) is 0 Å². The number of allylic oxidation sites excluding steroid dienone is 6. The summed E-state index contributed by atoms with van der Waals surface area (Å²) in [5, 5.41) is 0. The molecule has 0 rings (SSSR count). The highest BCUT2D eigenvalue weighted by Crippen LogP contribution is 2.27. The fraction of sp³-hybridized carbons (Fsp3) is 0.800. The van der Waals surface area contributed by atoms with E-state index in [2.05, 4.69) is 103 Å². The van der Waals surface area contributed by atoms with E-state index in [0.29, 0.717) is 11.8 Å². The summed E-state index contributed by atoms with van der Waals surface area (Å²) in [6.07, 6.45) is 25.5. The molecule has 0 radical (unpaired) electrons. The van der Waals surface area contributed by atoms with Gasteiger partial charge in [-0.2, -0.15) is 0 Å². The zero-order chi connectivity index (χ0) is 24.6. The maximum absolute atomic E-state index is 2.54. The first kappa shape index (κ1) is 31.7. The third kappa shape index (κ3) is 21.5. The lowest BCUT2D eigenvalue weighted by Crippen LogP contribution is -2.25. The Balaban J connectivity index is 4.49. The van der Waals surface area contributed by atoms with Gasteiger partial charge in [-0.3, -0.25) is 0 Å². The van der Waals surface area contributed by atoms with Gasteiger partial charge in [0.15, 0.2) is 0 Å². The lowest BCUT2D eigenvalue weighted by atomic mass is 9.93. The summed E-state index contributed by atoms with van der Waals surface area (Å²) in [6.45, 7) is 24.5. The molecule has 0 aliphatic rings. The molecule has 3 atom stereocenters. The van der Waals surface area contributed by atoms with Gasteiger partial charge in [0.1, 0.15) is 0 Å². The van der Waals surface area contributed by atoms with Crippen LogP contribution in [0.4, 0.5) is 0 Å². The van der Waals surface area contributed by atoms with Gasteiger partial charge >= 0.3 is 0 Å². The molecular weight excluding hydrogens is 417 g/mol. The first-order chi connectivity index (χ1) is 14.8. The van der Waals surface area contributed by atoms with Crippen LogP contribution in [0.5, 0.6) is 0 Å². The Morgan fingerprint density at radius 1 is 0.594 bits per heavy atom. The Morgan fingerprint density at radius 3 is 1.78 bits per heavy atom. The van der Waals surface area contributed by atoms with E-state index in [1.165, 1.54) is 57.0 Å². The summed E-state index contributed by atoms with van der Waals surface area (Å²) in [6, 6.07) is 2.80. The van der Waals surface area contributed by atoms with E-state index in [9.17, 15) is 0 Å². The van der Waals surface area contributed by atoms with Gasteiger partial charge in [0.25, 0.3) is 0 Å². The summed E-state index contributed by atoms with van der Waals surface area (Å²) in [5.41, 5.74) is 0. The Bertz CT molecular complexity index is 528.